The monoisotopic (exact) mass is 381 g/mol. The van der Waals surface area contributed by atoms with E-state index in [2.05, 4.69) is 10.1 Å². The number of hydrogen-bond donors (Lipinski definition) is 1. The smallest absolute Gasteiger partial charge is 0.337 e. The topological polar surface area (TPSA) is 104 Å². The van der Waals surface area contributed by atoms with Crippen molar-refractivity contribution >= 4 is 5.97 Å². The Bertz CT molecular complexity index is 1070. The normalized spacial score (nSPS) is 10.5. The van der Waals surface area contributed by atoms with Crippen molar-refractivity contribution in [3.05, 3.63) is 75.3 Å². The van der Waals surface area contributed by atoms with E-state index in [9.17, 15) is 9.59 Å². The van der Waals surface area contributed by atoms with Gasteiger partial charge in [-0.3, -0.25) is 4.79 Å². The van der Waals surface area contributed by atoms with Gasteiger partial charge in [0.1, 0.15) is 5.75 Å². The molecule has 8 nitrogen and oxygen atoms in total. The Kier molecular flexibility index (Phi) is 5.39. The first kappa shape index (κ1) is 19.1. The van der Waals surface area contributed by atoms with Gasteiger partial charge >= 0.3 is 11.5 Å². The lowest BCUT2D eigenvalue weighted by Crippen LogP contribution is -2.25. The van der Waals surface area contributed by atoms with Gasteiger partial charge in [0, 0.05) is 17.8 Å². The number of hydrogen-bond acceptors (Lipinski definition) is 6. The first-order valence-corrected chi connectivity index (χ1v) is 8.47. The zero-order chi connectivity index (χ0) is 20.3. The Morgan fingerprint density at radius 3 is 2.50 bits per heavy atom. The van der Waals surface area contributed by atoms with E-state index in [1.807, 2.05) is 24.3 Å². The maximum Gasteiger partial charge on any atom is 0.337 e. The second-order valence-electron chi connectivity index (χ2n) is 6.21. The van der Waals surface area contributed by atoms with Crippen LogP contribution in [0.2, 0.25) is 0 Å². The van der Waals surface area contributed by atoms with Crippen molar-refractivity contribution in [2.45, 2.75) is 20.4 Å². The molecule has 1 aromatic carbocycles. The fourth-order valence-electron chi connectivity index (χ4n) is 2.62. The van der Waals surface area contributed by atoms with Crippen LogP contribution >= 0.6 is 0 Å². The molecule has 144 valence electrons. The van der Waals surface area contributed by atoms with Crippen molar-refractivity contribution in [2.75, 3.05) is 7.11 Å². The summed E-state index contributed by atoms with van der Waals surface area (Å²) < 4.78 is 12.1. The van der Waals surface area contributed by atoms with Gasteiger partial charge in [0.25, 0.3) is 0 Å². The average molecular weight is 381 g/mol. The number of carbonyl (C=O) groups is 1. The highest BCUT2D eigenvalue weighted by molar-refractivity contribution is 5.87. The molecule has 0 amide bonds. The molecule has 0 aliphatic rings. The summed E-state index contributed by atoms with van der Waals surface area (Å²) in [5.74, 6) is -0.115. The van der Waals surface area contributed by atoms with Crippen molar-refractivity contribution in [3.8, 4) is 17.4 Å². The van der Waals surface area contributed by atoms with Gasteiger partial charge in [-0.25, -0.2) is 14.5 Å². The number of carboxylic acid groups (broad SMARTS) is 1. The van der Waals surface area contributed by atoms with Crippen LogP contribution in [0.15, 0.2) is 47.4 Å². The Labute approximate surface area is 161 Å². The molecule has 0 radical (unpaired) electrons. The van der Waals surface area contributed by atoms with E-state index >= 15 is 0 Å². The predicted molar refractivity (Wildman–Crippen MR) is 101 cm³/mol. The number of nitrogens with zero attached hydrogens (tertiary/aromatic N) is 3. The predicted octanol–water partition coefficient (Wildman–Crippen LogP) is 2.80. The summed E-state index contributed by atoms with van der Waals surface area (Å²) in [7, 11) is 1.59. The molecule has 0 saturated carbocycles. The SMILES string of the molecule is COc1ccc(Cn2nc(C)cc(Oc3ncc(C(=O)O)cc3C)c2=O)cc1. The van der Waals surface area contributed by atoms with E-state index in [1.165, 1.54) is 23.0 Å². The summed E-state index contributed by atoms with van der Waals surface area (Å²) >= 11 is 0. The fourth-order valence-corrected chi connectivity index (χ4v) is 2.62. The summed E-state index contributed by atoms with van der Waals surface area (Å²) in [6.07, 6.45) is 1.19. The van der Waals surface area contributed by atoms with E-state index in [4.69, 9.17) is 14.6 Å². The summed E-state index contributed by atoms with van der Waals surface area (Å²) in [5, 5.41) is 13.3. The average Bonchev–Trinajstić information content (AvgIpc) is 2.67. The molecule has 0 bridgehead atoms. The molecule has 1 N–H and O–H groups in total. The number of rotatable bonds is 6. The molecule has 0 atom stereocenters. The minimum Gasteiger partial charge on any atom is -0.497 e. The highest BCUT2D eigenvalue weighted by atomic mass is 16.5. The van der Waals surface area contributed by atoms with Crippen molar-refractivity contribution in [1.82, 2.24) is 14.8 Å². The van der Waals surface area contributed by atoms with E-state index in [0.717, 1.165) is 11.3 Å². The molecule has 28 heavy (non-hydrogen) atoms. The van der Waals surface area contributed by atoms with E-state index in [0.29, 0.717) is 11.3 Å². The van der Waals surface area contributed by atoms with Crippen LogP contribution in [0.25, 0.3) is 0 Å². The lowest BCUT2D eigenvalue weighted by molar-refractivity contribution is 0.0696. The quantitative estimate of drug-likeness (QED) is 0.700. The summed E-state index contributed by atoms with van der Waals surface area (Å²) in [6.45, 7) is 3.69. The van der Waals surface area contributed by atoms with Gasteiger partial charge in [-0.15, -0.1) is 0 Å². The molecule has 2 aromatic heterocycles. The van der Waals surface area contributed by atoms with Crippen molar-refractivity contribution in [1.29, 1.82) is 0 Å². The number of aromatic nitrogens is 3. The molecule has 0 fully saturated rings. The van der Waals surface area contributed by atoms with Crippen LogP contribution in [0, 0.1) is 13.8 Å². The van der Waals surface area contributed by atoms with Crippen LogP contribution in [0.1, 0.15) is 27.2 Å². The Hall–Kier alpha value is -3.68. The molecule has 0 unspecified atom stereocenters. The van der Waals surface area contributed by atoms with Crippen molar-refractivity contribution < 1.29 is 19.4 Å². The maximum atomic E-state index is 12.8. The van der Waals surface area contributed by atoms with Gasteiger partial charge in [-0.1, -0.05) is 12.1 Å². The summed E-state index contributed by atoms with van der Waals surface area (Å²) in [4.78, 5) is 27.8. The highest BCUT2D eigenvalue weighted by Crippen LogP contribution is 2.21. The van der Waals surface area contributed by atoms with Crippen LogP contribution in [-0.2, 0) is 6.54 Å². The lowest BCUT2D eigenvalue weighted by atomic mass is 10.2. The first-order chi connectivity index (χ1) is 13.4. The largest absolute Gasteiger partial charge is 0.497 e. The van der Waals surface area contributed by atoms with Crippen molar-refractivity contribution in [2.24, 2.45) is 0 Å². The van der Waals surface area contributed by atoms with Crippen LogP contribution in [-0.4, -0.2) is 33.0 Å². The van der Waals surface area contributed by atoms with Crippen LogP contribution < -0.4 is 15.0 Å². The van der Waals surface area contributed by atoms with Gasteiger partial charge in [0.05, 0.1) is 24.9 Å². The standard InChI is InChI=1S/C20H19N3O5/c1-12-8-15(20(25)26)10-21-18(12)28-17-9-13(2)22-23(19(17)24)11-14-4-6-16(27-3)7-5-14/h4-10H,11H2,1-3H3,(H,25,26). The molecule has 3 aromatic rings. The fraction of sp³-hybridized carbons (Fsp3) is 0.200. The molecule has 0 aliphatic heterocycles. The van der Waals surface area contributed by atoms with E-state index in [1.54, 1.807) is 21.0 Å². The molecule has 0 aliphatic carbocycles. The lowest BCUT2D eigenvalue weighted by Gasteiger charge is -2.11. The minimum atomic E-state index is -1.08. The van der Waals surface area contributed by atoms with Gasteiger partial charge in [0.15, 0.2) is 5.75 Å². The second kappa shape index (κ2) is 7.91. The van der Waals surface area contributed by atoms with Gasteiger partial charge < -0.3 is 14.6 Å². The zero-order valence-corrected chi connectivity index (χ0v) is 15.7. The first-order valence-electron chi connectivity index (χ1n) is 8.47. The minimum absolute atomic E-state index is 0.0488. The number of benzene rings is 1. The van der Waals surface area contributed by atoms with E-state index in [-0.39, 0.29) is 23.7 Å². The second-order valence-corrected chi connectivity index (χ2v) is 6.21. The third-order valence-corrected chi connectivity index (χ3v) is 4.04. The molecular formula is C20H19N3O5. The molecule has 2 heterocycles. The van der Waals surface area contributed by atoms with Crippen LogP contribution in [0.3, 0.4) is 0 Å². The Morgan fingerprint density at radius 1 is 1.18 bits per heavy atom. The number of ether oxygens (including phenoxy) is 2. The molecule has 8 heteroatoms. The maximum absolute atomic E-state index is 12.8. The zero-order valence-electron chi connectivity index (χ0n) is 15.7. The van der Waals surface area contributed by atoms with Gasteiger partial charge in [-0.05, 0) is 37.6 Å². The van der Waals surface area contributed by atoms with Gasteiger partial charge in [-0.2, -0.15) is 5.10 Å². The summed E-state index contributed by atoms with van der Waals surface area (Å²) in [5.41, 5.74) is 1.63. The molecule has 0 saturated heterocycles. The van der Waals surface area contributed by atoms with Crippen molar-refractivity contribution in [3.63, 3.8) is 0 Å². The molecule has 3 rings (SSSR count). The molecular weight excluding hydrogens is 362 g/mol. The Balaban J connectivity index is 1.90. The number of aryl methyl sites for hydroxylation is 2. The van der Waals surface area contributed by atoms with Crippen LogP contribution in [0.4, 0.5) is 0 Å². The van der Waals surface area contributed by atoms with Crippen LogP contribution in [0.5, 0.6) is 17.4 Å². The number of methoxy groups -OCH3 is 1. The summed E-state index contributed by atoms with van der Waals surface area (Å²) in [6, 6.07) is 10.3. The molecule has 0 spiro atoms. The number of carboxylic acids is 1. The number of aromatic carboxylic acids is 1. The number of pyridine rings is 1. The Morgan fingerprint density at radius 2 is 1.89 bits per heavy atom. The third kappa shape index (κ3) is 4.17. The third-order valence-electron chi connectivity index (χ3n) is 4.04. The van der Waals surface area contributed by atoms with Gasteiger partial charge in [0.2, 0.25) is 5.88 Å². The van der Waals surface area contributed by atoms with E-state index < -0.39 is 11.5 Å². The highest BCUT2D eigenvalue weighted by Gasteiger charge is 2.13.